The van der Waals surface area contributed by atoms with Crippen LogP contribution in [-0.2, 0) is 10.4 Å². The summed E-state index contributed by atoms with van der Waals surface area (Å²) in [7, 11) is 0. The minimum absolute atomic E-state index is 0.326. The number of anilines is 3. The van der Waals surface area contributed by atoms with E-state index in [4.69, 9.17) is 0 Å². The van der Waals surface area contributed by atoms with E-state index in [0.717, 1.165) is 24.2 Å². The fourth-order valence-electron chi connectivity index (χ4n) is 2.91. The van der Waals surface area contributed by atoms with Gasteiger partial charge in [0.25, 0.3) is 5.91 Å². The molecule has 4 nitrogen and oxygen atoms in total. The van der Waals surface area contributed by atoms with Gasteiger partial charge in [0.2, 0.25) is 0 Å². The maximum absolute atomic E-state index is 12.2. The summed E-state index contributed by atoms with van der Waals surface area (Å²) in [6, 6.07) is 13.7. The molecule has 2 aromatic carbocycles. The number of nitrogens with one attached hydrogen (secondary N) is 2. The molecule has 0 fully saturated rings. The van der Waals surface area contributed by atoms with Crippen molar-refractivity contribution in [2.75, 3.05) is 10.6 Å². The van der Waals surface area contributed by atoms with E-state index in [0.29, 0.717) is 17.7 Å². The Bertz CT molecular complexity index is 725. The van der Waals surface area contributed by atoms with Gasteiger partial charge in [-0.3, -0.25) is 4.79 Å². The summed E-state index contributed by atoms with van der Waals surface area (Å²) in [4.78, 5) is 12.2. The Kier molecular flexibility index (Phi) is 4.09. The van der Waals surface area contributed by atoms with Gasteiger partial charge in [0.1, 0.15) is 0 Å². The quantitative estimate of drug-likeness (QED) is 0.780. The molecule has 0 saturated carbocycles. The van der Waals surface area contributed by atoms with E-state index < -0.39 is 5.60 Å². The van der Waals surface area contributed by atoms with E-state index in [1.807, 2.05) is 56.3 Å². The molecule has 3 N–H and O–H groups in total. The third-order valence-corrected chi connectivity index (χ3v) is 4.32. The Labute approximate surface area is 136 Å². The van der Waals surface area contributed by atoms with Crippen LogP contribution < -0.4 is 10.6 Å². The Morgan fingerprint density at radius 2 is 1.83 bits per heavy atom. The highest BCUT2D eigenvalue weighted by Gasteiger charge is 2.44. The van der Waals surface area contributed by atoms with Gasteiger partial charge in [-0.25, -0.2) is 0 Å². The van der Waals surface area contributed by atoms with Crippen molar-refractivity contribution < 1.29 is 9.90 Å². The number of aryl methyl sites for hydroxylation is 1. The van der Waals surface area contributed by atoms with Crippen molar-refractivity contribution >= 4 is 23.0 Å². The number of aliphatic hydroxyl groups is 1. The van der Waals surface area contributed by atoms with Gasteiger partial charge in [-0.2, -0.15) is 0 Å². The van der Waals surface area contributed by atoms with Gasteiger partial charge in [0.05, 0.1) is 0 Å². The van der Waals surface area contributed by atoms with Crippen molar-refractivity contribution in [1.82, 2.24) is 0 Å². The lowest BCUT2D eigenvalue weighted by Crippen LogP contribution is -2.34. The molecule has 0 bridgehead atoms. The maximum Gasteiger partial charge on any atom is 0.261 e. The van der Waals surface area contributed by atoms with Crippen LogP contribution in [-0.4, -0.2) is 11.0 Å². The summed E-state index contributed by atoms with van der Waals surface area (Å²) in [5.41, 5.74) is 2.98. The topological polar surface area (TPSA) is 61.4 Å². The molecule has 1 amide bonds. The number of fused-ring (bicyclic) bond motifs is 1. The van der Waals surface area contributed by atoms with Gasteiger partial charge < -0.3 is 15.7 Å². The van der Waals surface area contributed by atoms with Crippen LogP contribution >= 0.6 is 0 Å². The molecule has 0 aromatic heterocycles. The first kappa shape index (κ1) is 15.6. The SMILES string of the molecule is CCCCC1(O)C(=O)Nc2ccc(Nc3ccc(C)cc3)cc21. The molecule has 1 unspecified atom stereocenters. The van der Waals surface area contributed by atoms with Crippen LogP contribution in [0.1, 0.15) is 37.3 Å². The lowest BCUT2D eigenvalue weighted by molar-refractivity contribution is -0.134. The van der Waals surface area contributed by atoms with Gasteiger partial charge in [-0.15, -0.1) is 0 Å². The zero-order valence-electron chi connectivity index (χ0n) is 13.5. The van der Waals surface area contributed by atoms with Gasteiger partial charge in [-0.1, -0.05) is 31.0 Å². The second-order valence-corrected chi connectivity index (χ2v) is 6.17. The number of rotatable bonds is 5. The first-order valence-corrected chi connectivity index (χ1v) is 8.05. The number of hydrogen-bond donors (Lipinski definition) is 3. The van der Waals surface area contributed by atoms with Crippen LogP contribution in [0.5, 0.6) is 0 Å². The Morgan fingerprint density at radius 3 is 2.52 bits per heavy atom. The number of unbranched alkanes of at least 4 members (excludes halogenated alkanes) is 1. The normalized spacial score (nSPS) is 19.3. The zero-order valence-corrected chi connectivity index (χ0v) is 13.5. The van der Waals surface area contributed by atoms with E-state index in [1.165, 1.54) is 5.56 Å². The monoisotopic (exact) mass is 310 g/mol. The predicted octanol–water partition coefficient (Wildman–Crippen LogP) is 4.07. The molecule has 0 spiro atoms. The van der Waals surface area contributed by atoms with Crippen molar-refractivity contribution in [3.05, 3.63) is 53.6 Å². The molecule has 23 heavy (non-hydrogen) atoms. The molecule has 1 aliphatic rings. The zero-order chi connectivity index (χ0) is 16.4. The minimum Gasteiger partial charge on any atom is -0.375 e. The fraction of sp³-hybridized carbons (Fsp3) is 0.316. The summed E-state index contributed by atoms with van der Waals surface area (Å²) in [6.45, 7) is 4.09. The smallest absolute Gasteiger partial charge is 0.261 e. The summed E-state index contributed by atoms with van der Waals surface area (Å²) < 4.78 is 0. The van der Waals surface area contributed by atoms with E-state index in [9.17, 15) is 9.90 Å². The highest BCUT2D eigenvalue weighted by molar-refractivity contribution is 6.05. The first-order chi connectivity index (χ1) is 11.0. The summed E-state index contributed by atoms with van der Waals surface area (Å²) in [5.74, 6) is -0.326. The first-order valence-electron chi connectivity index (χ1n) is 8.05. The molecule has 120 valence electrons. The molecule has 1 aliphatic heterocycles. The molecule has 0 radical (unpaired) electrons. The van der Waals surface area contributed by atoms with Crippen LogP contribution in [0, 0.1) is 6.92 Å². The third-order valence-electron chi connectivity index (χ3n) is 4.32. The molecular weight excluding hydrogens is 288 g/mol. The average Bonchev–Trinajstić information content (AvgIpc) is 2.79. The fourth-order valence-corrected chi connectivity index (χ4v) is 2.91. The Morgan fingerprint density at radius 1 is 1.13 bits per heavy atom. The molecule has 0 saturated heterocycles. The standard InChI is InChI=1S/C19H22N2O2/c1-3-4-11-19(23)16-12-15(9-10-17(16)21-18(19)22)20-14-7-5-13(2)6-8-14/h5-10,12,20,23H,3-4,11H2,1-2H3,(H,21,22). The molecule has 2 aromatic rings. The highest BCUT2D eigenvalue weighted by atomic mass is 16.3. The number of carbonyl (C=O) groups is 1. The largest absolute Gasteiger partial charge is 0.375 e. The molecule has 1 heterocycles. The van der Waals surface area contributed by atoms with E-state index >= 15 is 0 Å². The second-order valence-electron chi connectivity index (χ2n) is 6.17. The van der Waals surface area contributed by atoms with Crippen molar-refractivity contribution in [3.8, 4) is 0 Å². The molecular formula is C19H22N2O2. The van der Waals surface area contributed by atoms with E-state index in [-0.39, 0.29) is 5.91 Å². The van der Waals surface area contributed by atoms with Crippen LogP contribution in [0.4, 0.5) is 17.1 Å². The van der Waals surface area contributed by atoms with Gasteiger partial charge in [0.15, 0.2) is 5.60 Å². The number of benzene rings is 2. The minimum atomic E-state index is -1.42. The van der Waals surface area contributed by atoms with Gasteiger partial charge in [-0.05, 0) is 50.1 Å². The van der Waals surface area contributed by atoms with Crippen molar-refractivity contribution in [2.45, 2.75) is 38.7 Å². The van der Waals surface area contributed by atoms with Crippen LogP contribution in [0.3, 0.4) is 0 Å². The summed E-state index contributed by atoms with van der Waals surface area (Å²) in [5, 5.41) is 16.9. The predicted molar refractivity (Wildman–Crippen MR) is 93.0 cm³/mol. The third kappa shape index (κ3) is 2.94. The van der Waals surface area contributed by atoms with E-state index in [1.54, 1.807) is 0 Å². The number of amides is 1. The lowest BCUT2D eigenvalue weighted by atomic mass is 9.89. The van der Waals surface area contributed by atoms with Crippen LogP contribution in [0.2, 0.25) is 0 Å². The number of hydrogen-bond acceptors (Lipinski definition) is 3. The summed E-state index contributed by atoms with van der Waals surface area (Å²) in [6.07, 6.45) is 2.18. The van der Waals surface area contributed by atoms with Crippen molar-refractivity contribution in [3.63, 3.8) is 0 Å². The average molecular weight is 310 g/mol. The second kappa shape index (κ2) is 6.05. The van der Waals surface area contributed by atoms with Gasteiger partial charge >= 0.3 is 0 Å². The van der Waals surface area contributed by atoms with Gasteiger partial charge in [0, 0.05) is 22.6 Å². The lowest BCUT2D eigenvalue weighted by Gasteiger charge is -2.21. The Hall–Kier alpha value is -2.33. The molecule has 1 atom stereocenters. The van der Waals surface area contributed by atoms with Crippen molar-refractivity contribution in [1.29, 1.82) is 0 Å². The number of carbonyl (C=O) groups excluding carboxylic acids is 1. The van der Waals surface area contributed by atoms with E-state index in [2.05, 4.69) is 10.6 Å². The van der Waals surface area contributed by atoms with Crippen LogP contribution in [0.25, 0.3) is 0 Å². The molecule has 3 rings (SSSR count). The molecule has 0 aliphatic carbocycles. The molecule has 4 heteroatoms. The highest BCUT2D eigenvalue weighted by Crippen LogP contribution is 2.41. The Balaban J connectivity index is 1.89. The maximum atomic E-state index is 12.2. The van der Waals surface area contributed by atoms with Crippen LogP contribution in [0.15, 0.2) is 42.5 Å². The summed E-state index contributed by atoms with van der Waals surface area (Å²) >= 11 is 0. The van der Waals surface area contributed by atoms with Crippen molar-refractivity contribution in [2.24, 2.45) is 0 Å².